The van der Waals surface area contributed by atoms with E-state index in [0.29, 0.717) is 55.6 Å². The number of rotatable bonds is 9. The van der Waals surface area contributed by atoms with E-state index in [4.69, 9.17) is 9.47 Å². The van der Waals surface area contributed by atoms with Crippen LogP contribution >= 0.6 is 0 Å². The van der Waals surface area contributed by atoms with Gasteiger partial charge in [0.15, 0.2) is 0 Å². The second kappa shape index (κ2) is 11.9. The summed E-state index contributed by atoms with van der Waals surface area (Å²) in [7, 11) is 0. The van der Waals surface area contributed by atoms with E-state index in [2.05, 4.69) is 13.8 Å². The Balaban J connectivity index is 1.65. The molecule has 37 heavy (non-hydrogen) atoms. The predicted octanol–water partition coefficient (Wildman–Crippen LogP) is 1.70. The van der Waals surface area contributed by atoms with Crippen molar-refractivity contribution in [3.63, 3.8) is 0 Å². The summed E-state index contributed by atoms with van der Waals surface area (Å²) in [6.45, 7) is 10.9. The molecule has 0 aliphatic carbocycles. The minimum absolute atomic E-state index is 0.0921. The highest BCUT2D eigenvalue weighted by Crippen LogP contribution is 2.39. The number of Topliss-reactive ketones (excluding diaryl/α,β-unsaturated/α-hetero) is 1. The van der Waals surface area contributed by atoms with Crippen molar-refractivity contribution >= 4 is 17.4 Å². The van der Waals surface area contributed by atoms with Gasteiger partial charge in [-0.2, -0.15) is 0 Å². The third-order valence-corrected chi connectivity index (χ3v) is 6.85. The van der Waals surface area contributed by atoms with E-state index in [1.54, 1.807) is 18.2 Å². The van der Waals surface area contributed by atoms with Gasteiger partial charge in [-0.1, -0.05) is 37.8 Å². The van der Waals surface area contributed by atoms with Crippen molar-refractivity contribution in [2.75, 3.05) is 46.0 Å². The standard InChI is InChI=1S/C29H35FN2O5/c1-19(2)18-37-24-10-7-22(17-20(24)3)27(33)25-26(21-5-8-23(30)9-6-21)32(29(35)28(25)34)12-4-11-31-13-15-36-16-14-31/h5-10,17,19,26,33H,4,11-16,18H2,1-3H3/b27-25+. The van der Waals surface area contributed by atoms with E-state index >= 15 is 0 Å². The number of ketones is 1. The molecule has 4 rings (SSSR count). The maximum absolute atomic E-state index is 13.7. The number of quaternary nitrogens is 1. The molecule has 1 unspecified atom stereocenters. The van der Waals surface area contributed by atoms with Gasteiger partial charge >= 0.3 is 0 Å². The second-order valence-electron chi connectivity index (χ2n) is 10.2. The van der Waals surface area contributed by atoms with Crippen LogP contribution in [0.3, 0.4) is 0 Å². The van der Waals surface area contributed by atoms with Gasteiger partial charge in [0.2, 0.25) is 5.78 Å². The van der Waals surface area contributed by atoms with Crippen LogP contribution in [-0.2, 0) is 14.3 Å². The molecule has 0 bridgehead atoms. The predicted molar refractivity (Wildman–Crippen MR) is 135 cm³/mol. The van der Waals surface area contributed by atoms with Crippen molar-refractivity contribution < 1.29 is 33.5 Å². The quantitative estimate of drug-likeness (QED) is 0.316. The summed E-state index contributed by atoms with van der Waals surface area (Å²) >= 11 is 0. The summed E-state index contributed by atoms with van der Waals surface area (Å²) in [4.78, 5) is 29.2. The topological polar surface area (TPSA) is 83.3 Å². The molecule has 0 radical (unpaired) electrons. The van der Waals surface area contributed by atoms with Gasteiger partial charge < -0.3 is 24.4 Å². The number of carbonyl (C=O) groups excluding carboxylic acids is 2. The highest BCUT2D eigenvalue weighted by Gasteiger charge is 2.44. The van der Waals surface area contributed by atoms with Crippen LogP contribution < -0.4 is 14.7 Å². The lowest BCUT2D eigenvalue weighted by Gasteiger charge is -2.29. The van der Waals surface area contributed by atoms with Crippen LogP contribution in [0.2, 0.25) is 0 Å². The molecule has 2 saturated heterocycles. The lowest BCUT2D eigenvalue weighted by molar-refractivity contribution is -0.908. The SMILES string of the molecule is Cc1cc(/C([O-])=C2\C(=O)C(=O)N(CCC[NH+]3CCOCC3)C2c2ccc(F)cc2)ccc1OCC(C)C. The monoisotopic (exact) mass is 510 g/mol. The summed E-state index contributed by atoms with van der Waals surface area (Å²) in [5.74, 6) is -1.38. The van der Waals surface area contributed by atoms with Gasteiger partial charge in [0.25, 0.3) is 5.91 Å². The van der Waals surface area contributed by atoms with Crippen molar-refractivity contribution in [2.24, 2.45) is 5.92 Å². The number of carbonyl (C=O) groups is 2. The lowest BCUT2D eigenvalue weighted by Crippen LogP contribution is -3.14. The van der Waals surface area contributed by atoms with E-state index in [1.165, 1.54) is 34.1 Å². The number of benzene rings is 2. The molecule has 0 spiro atoms. The van der Waals surface area contributed by atoms with E-state index in [9.17, 15) is 19.1 Å². The fourth-order valence-electron chi connectivity index (χ4n) is 4.87. The number of ether oxygens (including phenoxy) is 2. The van der Waals surface area contributed by atoms with Crippen LogP contribution in [0.15, 0.2) is 48.0 Å². The first-order valence-corrected chi connectivity index (χ1v) is 12.9. The smallest absolute Gasteiger partial charge is 0.295 e. The Labute approximate surface area is 217 Å². The van der Waals surface area contributed by atoms with Gasteiger partial charge in [-0.05, 0) is 53.8 Å². The molecule has 2 aliphatic heterocycles. The Morgan fingerprint density at radius 2 is 1.86 bits per heavy atom. The zero-order valence-electron chi connectivity index (χ0n) is 21.7. The zero-order chi connectivity index (χ0) is 26.5. The molecule has 2 heterocycles. The van der Waals surface area contributed by atoms with Gasteiger partial charge in [0, 0.05) is 18.5 Å². The number of hydrogen-bond acceptors (Lipinski definition) is 5. The summed E-state index contributed by atoms with van der Waals surface area (Å²) in [5.41, 5.74) is 1.53. The van der Waals surface area contributed by atoms with Crippen molar-refractivity contribution in [3.8, 4) is 5.75 Å². The maximum Gasteiger partial charge on any atom is 0.295 e. The molecule has 2 aromatic carbocycles. The van der Waals surface area contributed by atoms with Gasteiger partial charge in [-0.15, -0.1) is 0 Å². The number of hydrogen-bond donors (Lipinski definition) is 1. The van der Waals surface area contributed by atoms with Gasteiger partial charge in [0.1, 0.15) is 24.7 Å². The molecule has 1 amide bonds. The van der Waals surface area contributed by atoms with E-state index in [-0.39, 0.29) is 5.57 Å². The van der Waals surface area contributed by atoms with E-state index < -0.39 is 29.3 Å². The highest BCUT2D eigenvalue weighted by atomic mass is 19.1. The molecule has 2 aromatic rings. The number of aryl methyl sites for hydroxylation is 1. The zero-order valence-corrected chi connectivity index (χ0v) is 21.7. The largest absolute Gasteiger partial charge is 0.872 e. The fraction of sp³-hybridized carbons (Fsp3) is 0.448. The molecule has 8 heteroatoms. The Hall–Kier alpha value is -3.23. The molecule has 198 valence electrons. The Morgan fingerprint density at radius 1 is 1.16 bits per heavy atom. The number of morpholine rings is 1. The second-order valence-corrected chi connectivity index (χ2v) is 10.2. The Bertz CT molecular complexity index is 1160. The third-order valence-electron chi connectivity index (χ3n) is 6.85. The molecule has 0 aromatic heterocycles. The third kappa shape index (κ3) is 6.19. The van der Waals surface area contributed by atoms with Crippen molar-refractivity contribution in [2.45, 2.75) is 33.2 Å². The minimum Gasteiger partial charge on any atom is -0.872 e. The minimum atomic E-state index is -0.857. The first kappa shape index (κ1) is 26.8. The van der Waals surface area contributed by atoms with Crippen LogP contribution in [0.25, 0.3) is 5.76 Å². The maximum atomic E-state index is 13.7. The number of nitrogens with zero attached hydrogens (tertiary/aromatic N) is 1. The van der Waals surface area contributed by atoms with Crippen molar-refractivity contribution in [1.82, 2.24) is 4.90 Å². The van der Waals surface area contributed by atoms with Gasteiger partial charge in [-0.25, -0.2) is 4.39 Å². The summed E-state index contributed by atoms with van der Waals surface area (Å²) < 4.78 is 24.9. The number of halogens is 1. The van der Waals surface area contributed by atoms with Crippen LogP contribution in [0.1, 0.15) is 43.0 Å². The summed E-state index contributed by atoms with van der Waals surface area (Å²) in [6.07, 6.45) is 0.675. The molecule has 1 N–H and O–H groups in total. The van der Waals surface area contributed by atoms with Crippen LogP contribution in [-0.4, -0.2) is 62.6 Å². The average molecular weight is 511 g/mol. The molecule has 2 aliphatic rings. The number of amides is 1. The normalized spacial score (nSPS) is 20.1. The number of nitrogens with one attached hydrogen (secondary N) is 1. The Morgan fingerprint density at radius 3 is 2.51 bits per heavy atom. The lowest BCUT2D eigenvalue weighted by atomic mass is 9.94. The molecule has 1 atom stereocenters. The van der Waals surface area contributed by atoms with E-state index in [0.717, 1.165) is 25.2 Å². The first-order chi connectivity index (χ1) is 17.8. The summed E-state index contributed by atoms with van der Waals surface area (Å²) in [5, 5.41) is 13.7. The van der Waals surface area contributed by atoms with Gasteiger partial charge in [-0.3, -0.25) is 9.59 Å². The van der Waals surface area contributed by atoms with E-state index in [1.807, 2.05) is 6.92 Å². The number of likely N-dealkylation sites (tertiary alicyclic amines) is 1. The Kier molecular flexibility index (Phi) is 8.61. The first-order valence-electron chi connectivity index (χ1n) is 12.9. The van der Waals surface area contributed by atoms with Crippen molar-refractivity contribution in [1.29, 1.82) is 0 Å². The fourth-order valence-corrected chi connectivity index (χ4v) is 4.87. The van der Waals surface area contributed by atoms with Crippen LogP contribution in [0, 0.1) is 18.7 Å². The summed E-state index contributed by atoms with van der Waals surface area (Å²) in [6, 6.07) is 9.82. The van der Waals surface area contributed by atoms with Crippen LogP contribution in [0.5, 0.6) is 5.75 Å². The molecule has 0 saturated carbocycles. The average Bonchev–Trinajstić information content (AvgIpc) is 3.13. The van der Waals surface area contributed by atoms with Crippen LogP contribution in [0.4, 0.5) is 4.39 Å². The molecule has 2 fully saturated rings. The molecular formula is C29H35FN2O5. The van der Waals surface area contributed by atoms with Gasteiger partial charge in [0.05, 0.1) is 32.4 Å². The molecular weight excluding hydrogens is 475 g/mol. The highest BCUT2D eigenvalue weighted by molar-refractivity contribution is 6.46. The molecule has 7 nitrogen and oxygen atoms in total. The van der Waals surface area contributed by atoms with Crippen molar-refractivity contribution in [3.05, 3.63) is 70.5 Å².